The van der Waals surface area contributed by atoms with E-state index in [1.165, 1.54) is 4.90 Å². The third kappa shape index (κ3) is 2.48. The maximum absolute atomic E-state index is 12.5. The van der Waals surface area contributed by atoms with Crippen LogP contribution in [0.15, 0.2) is 0 Å². The van der Waals surface area contributed by atoms with Crippen LogP contribution in [0.3, 0.4) is 0 Å². The van der Waals surface area contributed by atoms with E-state index in [-0.39, 0.29) is 17.2 Å². The van der Waals surface area contributed by atoms with E-state index >= 15 is 0 Å². The molecule has 0 aromatic carbocycles. The highest BCUT2D eigenvalue weighted by atomic mass is 16.4. The maximum atomic E-state index is 12.5. The zero-order chi connectivity index (χ0) is 14.4. The Kier molecular flexibility index (Phi) is 3.60. The number of amides is 1. The minimum absolute atomic E-state index is 0.119. The molecule has 1 saturated heterocycles. The molecule has 0 radical (unpaired) electrons. The van der Waals surface area contributed by atoms with Crippen molar-refractivity contribution < 1.29 is 14.7 Å². The quantitative estimate of drug-likeness (QED) is 0.784. The fourth-order valence-electron chi connectivity index (χ4n) is 3.40. The van der Waals surface area contributed by atoms with E-state index in [0.717, 1.165) is 19.3 Å². The van der Waals surface area contributed by atoms with Crippen LogP contribution in [0, 0.1) is 17.3 Å². The molecule has 4 atom stereocenters. The standard InChI is InChI=1S/C14H24N2O3/c1-14(2,3)11(15)12(17)16-7-8-5-4-6-9(8)10(16)13(18)19/h8-11H,4-7,15H2,1-3H3,(H,18,19)/t8-,9-,10-,11?/m0/s1. The van der Waals surface area contributed by atoms with E-state index in [2.05, 4.69) is 0 Å². The summed E-state index contributed by atoms with van der Waals surface area (Å²) in [4.78, 5) is 25.5. The topological polar surface area (TPSA) is 83.6 Å². The van der Waals surface area contributed by atoms with Gasteiger partial charge in [-0.2, -0.15) is 0 Å². The zero-order valence-corrected chi connectivity index (χ0v) is 11.9. The number of carbonyl (C=O) groups excluding carboxylic acids is 1. The summed E-state index contributed by atoms with van der Waals surface area (Å²) in [5, 5.41) is 9.43. The lowest BCUT2D eigenvalue weighted by molar-refractivity contribution is -0.151. The van der Waals surface area contributed by atoms with Crippen molar-refractivity contribution >= 4 is 11.9 Å². The highest BCUT2D eigenvalue weighted by Crippen LogP contribution is 2.42. The summed E-state index contributed by atoms with van der Waals surface area (Å²) in [5.41, 5.74) is 5.65. The SMILES string of the molecule is CC(C)(C)C(N)C(=O)N1C[C@@H]2CCC[C@@H]2[C@H]1C(=O)O. The molecule has 3 N–H and O–H groups in total. The van der Waals surface area contributed by atoms with Gasteiger partial charge < -0.3 is 15.7 Å². The first kappa shape index (κ1) is 14.3. The normalized spacial score (nSPS) is 32.2. The van der Waals surface area contributed by atoms with Gasteiger partial charge in [0.25, 0.3) is 0 Å². The minimum atomic E-state index is -0.885. The van der Waals surface area contributed by atoms with Gasteiger partial charge in [-0.1, -0.05) is 27.2 Å². The number of likely N-dealkylation sites (tertiary alicyclic amines) is 1. The molecule has 19 heavy (non-hydrogen) atoms. The highest BCUT2D eigenvalue weighted by molar-refractivity contribution is 5.88. The molecule has 0 spiro atoms. The van der Waals surface area contributed by atoms with Gasteiger partial charge in [0.1, 0.15) is 6.04 Å². The second-order valence-electron chi connectivity index (χ2n) is 6.97. The monoisotopic (exact) mass is 268 g/mol. The summed E-state index contributed by atoms with van der Waals surface area (Å²) in [6.07, 6.45) is 3.02. The van der Waals surface area contributed by atoms with Crippen molar-refractivity contribution in [2.75, 3.05) is 6.54 Å². The largest absolute Gasteiger partial charge is 0.480 e. The second-order valence-corrected chi connectivity index (χ2v) is 6.97. The predicted molar refractivity (Wildman–Crippen MR) is 71.4 cm³/mol. The molecule has 1 heterocycles. The van der Waals surface area contributed by atoms with Gasteiger partial charge in [0, 0.05) is 6.54 Å². The minimum Gasteiger partial charge on any atom is -0.480 e. The van der Waals surface area contributed by atoms with Crippen LogP contribution in [0.5, 0.6) is 0 Å². The van der Waals surface area contributed by atoms with Crippen molar-refractivity contribution in [2.45, 2.75) is 52.1 Å². The number of carboxylic acid groups (broad SMARTS) is 1. The van der Waals surface area contributed by atoms with Gasteiger partial charge in [0.05, 0.1) is 6.04 Å². The lowest BCUT2D eigenvalue weighted by atomic mass is 9.86. The number of rotatable bonds is 2. The summed E-state index contributed by atoms with van der Waals surface area (Å²) >= 11 is 0. The smallest absolute Gasteiger partial charge is 0.326 e. The van der Waals surface area contributed by atoms with E-state index < -0.39 is 18.1 Å². The van der Waals surface area contributed by atoms with Crippen LogP contribution in [0.2, 0.25) is 0 Å². The molecule has 2 fully saturated rings. The number of carbonyl (C=O) groups is 2. The molecule has 2 aliphatic rings. The van der Waals surface area contributed by atoms with Gasteiger partial charge in [0.2, 0.25) is 5.91 Å². The molecule has 1 amide bonds. The number of fused-ring (bicyclic) bond motifs is 1. The molecule has 0 aromatic heterocycles. The van der Waals surface area contributed by atoms with E-state index in [1.807, 2.05) is 20.8 Å². The van der Waals surface area contributed by atoms with Crippen molar-refractivity contribution in [3.05, 3.63) is 0 Å². The first-order valence-corrected chi connectivity index (χ1v) is 7.02. The van der Waals surface area contributed by atoms with E-state index in [4.69, 9.17) is 5.73 Å². The van der Waals surface area contributed by atoms with Gasteiger partial charge in [-0.25, -0.2) is 4.79 Å². The number of nitrogens with two attached hydrogens (primary N) is 1. The van der Waals surface area contributed by atoms with Crippen molar-refractivity contribution in [3.63, 3.8) is 0 Å². The number of aliphatic carboxylic acids is 1. The molecule has 2 rings (SSSR count). The third-order valence-corrected chi connectivity index (χ3v) is 4.63. The fourth-order valence-corrected chi connectivity index (χ4v) is 3.40. The molecular weight excluding hydrogens is 244 g/mol. The second kappa shape index (κ2) is 4.78. The highest BCUT2D eigenvalue weighted by Gasteiger charge is 2.50. The molecule has 1 saturated carbocycles. The Labute approximate surface area is 114 Å². The maximum Gasteiger partial charge on any atom is 0.326 e. The molecule has 1 aliphatic carbocycles. The average molecular weight is 268 g/mol. The lowest BCUT2D eigenvalue weighted by Gasteiger charge is -2.32. The van der Waals surface area contributed by atoms with Crippen LogP contribution >= 0.6 is 0 Å². The molecule has 0 aromatic rings. The Morgan fingerprint density at radius 3 is 2.47 bits per heavy atom. The Bertz CT molecular complexity index is 389. The number of nitrogens with zero attached hydrogens (tertiary/aromatic N) is 1. The van der Waals surface area contributed by atoms with Crippen LogP contribution < -0.4 is 5.73 Å². The van der Waals surface area contributed by atoms with Crippen LogP contribution in [-0.4, -0.2) is 40.5 Å². The molecule has 1 unspecified atom stereocenters. The number of hydrogen-bond donors (Lipinski definition) is 2. The molecule has 5 heteroatoms. The van der Waals surface area contributed by atoms with Crippen LogP contribution in [0.4, 0.5) is 0 Å². The Morgan fingerprint density at radius 2 is 1.95 bits per heavy atom. The summed E-state index contributed by atoms with van der Waals surface area (Å²) < 4.78 is 0. The third-order valence-electron chi connectivity index (χ3n) is 4.63. The Hall–Kier alpha value is -1.10. The van der Waals surface area contributed by atoms with Crippen LogP contribution in [-0.2, 0) is 9.59 Å². The van der Waals surface area contributed by atoms with Gasteiger partial charge in [-0.15, -0.1) is 0 Å². The van der Waals surface area contributed by atoms with Gasteiger partial charge >= 0.3 is 5.97 Å². The average Bonchev–Trinajstić information content (AvgIpc) is 2.83. The van der Waals surface area contributed by atoms with Gasteiger partial charge in [0.15, 0.2) is 0 Å². The van der Waals surface area contributed by atoms with E-state index in [1.54, 1.807) is 0 Å². The summed E-state index contributed by atoms with van der Waals surface area (Å²) in [6.45, 7) is 6.27. The molecule has 5 nitrogen and oxygen atoms in total. The van der Waals surface area contributed by atoms with Gasteiger partial charge in [-0.05, 0) is 30.1 Å². The Morgan fingerprint density at radius 1 is 1.32 bits per heavy atom. The predicted octanol–water partition coefficient (Wildman–Crippen LogP) is 1.07. The summed E-state index contributed by atoms with van der Waals surface area (Å²) in [5.74, 6) is -0.635. The van der Waals surface area contributed by atoms with Crippen LogP contribution in [0.1, 0.15) is 40.0 Å². The van der Waals surface area contributed by atoms with Crippen molar-refractivity contribution in [2.24, 2.45) is 23.0 Å². The Balaban J connectivity index is 2.19. The van der Waals surface area contributed by atoms with Gasteiger partial charge in [-0.3, -0.25) is 4.79 Å². The van der Waals surface area contributed by atoms with Crippen molar-refractivity contribution in [1.29, 1.82) is 0 Å². The number of carboxylic acids is 1. The first-order valence-electron chi connectivity index (χ1n) is 7.02. The van der Waals surface area contributed by atoms with Crippen molar-refractivity contribution in [1.82, 2.24) is 4.90 Å². The summed E-state index contributed by atoms with van der Waals surface area (Å²) in [7, 11) is 0. The molecule has 108 valence electrons. The zero-order valence-electron chi connectivity index (χ0n) is 11.9. The number of hydrogen-bond acceptors (Lipinski definition) is 3. The molecule has 0 bridgehead atoms. The lowest BCUT2D eigenvalue weighted by Crippen LogP contribution is -2.54. The summed E-state index contributed by atoms with van der Waals surface area (Å²) in [6, 6.07) is -1.32. The molecule has 1 aliphatic heterocycles. The molecular formula is C14H24N2O3. The fraction of sp³-hybridized carbons (Fsp3) is 0.857. The van der Waals surface area contributed by atoms with E-state index in [0.29, 0.717) is 12.5 Å². The van der Waals surface area contributed by atoms with Crippen LogP contribution in [0.25, 0.3) is 0 Å². The first-order chi connectivity index (χ1) is 8.73. The van der Waals surface area contributed by atoms with E-state index in [9.17, 15) is 14.7 Å². The van der Waals surface area contributed by atoms with Crippen molar-refractivity contribution in [3.8, 4) is 0 Å².